The third-order valence-electron chi connectivity index (χ3n) is 5.71. The number of nitriles is 1. The highest BCUT2D eigenvalue weighted by atomic mass is 19.4. The summed E-state index contributed by atoms with van der Waals surface area (Å²) in [6.07, 6.45) is -4.92. The fourth-order valence-electron chi connectivity index (χ4n) is 3.79. The number of carbonyl (C=O) groups excluding carboxylic acids is 2. The first kappa shape index (κ1) is 26.1. The molecule has 0 unspecified atom stereocenters. The van der Waals surface area contributed by atoms with Crippen LogP contribution in [0.1, 0.15) is 43.4 Å². The fraction of sp³-hybridized carbons (Fsp3) is 0.160. The van der Waals surface area contributed by atoms with Gasteiger partial charge in [0.15, 0.2) is 17.3 Å². The van der Waals surface area contributed by atoms with Crippen molar-refractivity contribution in [2.45, 2.75) is 19.6 Å². The zero-order valence-corrected chi connectivity index (χ0v) is 19.9. The molecule has 4 rings (SSSR count). The van der Waals surface area contributed by atoms with E-state index in [4.69, 9.17) is 15.7 Å². The number of aromatic nitrogens is 3. The Morgan fingerprint density at radius 2 is 1.87 bits per heavy atom. The quantitative estimate of drug-likeness (QED) is 0.362. The molecule has 38 heavy (non-hydrogen) atoms. The van der Waals surface area contributed by atoms with Gasteiger partial charge in [-0.1, -0.05) is 12.1 Å². The number of methoxy groups -OCH3 is 1. The number of carbonyl (C=O) groups is 2. The number of amides is 2. The van der Waals surface area contributed by atoms with E-state index in [1.165, 1.54) is 32.2 Å². The second-order valence-corrected chi connectivity index (χ2v) is 8.15. The van der Waals surface area contributed by atoms with Crippen LogP contribution in [-0.4, -0.2) is 33.7 Å². The Balaban J connectivity index is 1.75. The lowest BCUT2D eigenvalue weighted by atomic mass is 10.1. The van der Waals surface area contributed by atoms with Gasteiger partial charge in [-0.15, -0.1) is 0 Å². The number of benzene rings is 2. The summed E-state index contributed by atoms with van der Waals surface area (Å²) in [5.74, 6) is -3.10. The van der Waals surface area contributed by atoms with Crippen LogP contribution in [0.4, 0.5) is 23.2 Å². The number of rotatable bonds is 6. The molecule has 0 atom stereocenters. The number of nitrogens with two attached hydrogens (primary N) is 1. The molecule has 0 aliphatic heterocycles. The van der Waals surface area contributed by atoms with E-state index in [9.17, 15) is 27.2 Å². The predicted octanol–water partition coefficient (Wildman–Crippen LogP) is 4.18. The summed E-state index contributed by atoms with van der Waals surface area (Å²) >= 11 is 0. The number of anilines is 1. The first-order valence-electron chi connectivity index (χ1n) is 10.9. The van der Waals surface area contributed by atoms with E-state index in [-0.39, 0.29) is 34.5 Å². The van der Waals surface area contributed by atoms with Crippen molar-refractivity contribution in [1.82, 2.24) is 14.8 Å². The number of ether oxygens (including phenoxy) is 1. The highest BCUT2D eigenvalue weighted by Crippen LogP contribution is 2.36. The summed E-state index contributed by atoms with van der Waals surface area (Å²) in [4.78, 5) is 29.1. The van der Waals surface area contributed by atoms with E-state index in [0.29, 0.717) is 11.1 Å². The molecule has 0 aliphatic rings. The molecule has 194 valence electrons. The standard InChI is InChI=1S/C25H18F4N6O3/c1-12-21(22(25(27,28)29)34-35(12)11-14-5-3-13(10-30)4-6-14)33-24(37)19-7-16(23(31)36)15-8-20(38-2)17(26)9-18(15)32-19/h3-9H,11H2,1-2H3,(H2,31,36)(H,33,37). The van der Waals surface area contributed by atoms with E-state index >= 15 is 0 Å². The van der Waals surface area contributed by atoms with E-state index in [2.05, 4.69) is 15.4 Å². The molecule has 0 saturated heterocycles. The maximum absolute atomic E-state index is 14.3. The number of primary amides is 1. The minimum atomic E-state index is -4.92. The van der Waals surface area contributed by atoms with Crippen LogP contribution in [0.5, 0.6) is 5.75 Å². The van der Waals surface area contributed by atoms with Crippen molar-refractivity contribution in [2.75, 3.05) is 12.4 Å². The topological polar surface area (TPSA) is 136 Å². The first-order chi connectivity index (χ1) is 17.9. The molecule has 0 saturated carbocycles. The van der Waals surface area contributed by atoms with E-state index in [0.717, 1.165) is 16.8 Å². The molecule has 2 aromatic carbocycles. The Morgan fingerprint density at radius 1 is 1.18 bits per heavy atom. The third-order valence-corrected chi connectivity index (χ3v) is 5.71. The van der Waals surface area contributed by atoms with Gasteiger partial charge in [-0.2, -0.15) is 23.5 Å². The second kappa shape index (κ2) is 9.81. The molecule has 2 heterocycles. The molecule has 3 N–H and O–H groups in total. The number of hydrogen-bond acceptors (Lipinski definition) is 6. The molecule has 0 fully saturated rings. The van der Waals surface area contributed by atoms with Crippen LogP contribution in [0.2, 0.25) is 0 Å². The molecule has 9 nitrogen and oxygen atoms in total. The molecule has 2 aromatic heterocycles. The Labute approximate surface area is 212 Å². The maximum atomic E-state index is 14.3. The minimum absolute atomic E-state index is 0.0123. The average Bonchev–Trinajstić information content (AvgIpc) is 3.18. The Kier molecular flexibility index (Phi) is 6.74. The molecular formula is C25H18F4N6O3. The first-order valence-corrected chi connectivity index (χ1v) is 10.9. The van der Waals surface area contributed by atoms with Crippen LogP contribution in [0, 0.1) is 24.1 Å². The molecule has 0 spiro atoms. The van der Waals surface area contributed by atoms with Crippen LogP contribution in [0.15, 0.2) is 42.5 Å². The Hall–Kier alpha value is -4.99. The lowest BCUT2D eigenvalue weighted by molar-refractivity contribution is -0.140. The molecule has 0 aliphatic carbocycles. The number of nitrogens with one attached hydrogen (secondary N) is 1. The SMILES string of the molecule is COc1cc2c(C(N)=O)cc(C(=O)Nc3c(C(F)(F)F)nn(Cc4ccc(C#N)cc4)c3C)nc2cc1F. The van der Waals surface area contributed by atoms with Crippen molar-refractivity contribution in [3.8, 4) is 11.8 Å². The summed E-state index contributed by atoms with van der Waals surface area (Å²) in [6, 6.07) is 11.2. The van der Waals surface area contributed by atoms with Gasteiger partial charge in [0.1, 0.15) is 5.69 Å². The number of halogens is 4. The highest BCUT2D eigenvalue weighted by molar-refractivity contribution is 6.10. The Bertz CT molecular complexity index is 1620. The molecule has 13 heteroatoms. The molecule has 0 bridgehead atoms. The number of alkyl halides is 3. The smallest absolute Gasteiger partial charge is 0.437 e. The number of nitrogens with zero attached hydrogens (tertiary/aromatic N) is 4. The van der Waals surface area contributed by atoms with Crippen LogP contribution in [0.25, 0.3) is 10.9 Å². The summed E-state index contributed by atoms with van der Waals surface area (Å²) < 4.78 is 61.7. The van der Waals surface area contributed by atoms with Crippen LogP contribution >= 0.6 is 0 Å². The molecular weight excluding hydrogens is 508 g/mol. The predicted molar refractivity (Wildman–Crippen MR) is 127 cm³/mol. The van der Waals surface area contributed by atoms with E-state index in [1.54, 1.807) is 12.1 Å². The number of fused-ring (bicyclic) bond motifs is 1. The summed E-state index contributed by atoms with van der Waals surface area (Å²) in [7, 11) is 1.21. The van der Waals surface area contributed by atoms with Gasteiger partial charge in [0.05, 0.1) is 47.7 Å². The van der Waals surface area contributed by atoms with Gasteiger partial charge in [-0.3, -0.25) is 14.3 Å². The van der Waals surface area contributed by atoms with Crippen LogP contribution in [0.3, 0.4) is 0 Å². The van der Waals surface area contributed by atoms with E-state index < -0.39 is 40.9 Å². The molecule has 2 amide bonds. The average molecular weight is 526 g/mol. The lowest BCUT2D eigenvalue weighted by Crippen LogP contribution is -2.20. The number of pyridine rings is 1. The maximum Gasteiger partial charge on any atom is 0.437 e. The molecule has 4 aromatic rings. The van der Waals surface area contributed by atoms with Gasteiger partial charge in [-0.05, 0) is 36.8 Å². The van der Waals surface area contributed by atoms with Gasteiger partial charge in [0.2, 0.25) is 5.91 Å². The summed E-state index contributed by atoms with van der Waals surface area (Å²) in [5.41, 5.74) is 3.60. The zero-order chi connectivity index (χ0) is 27.8. The van der Waals surface area contributed by atoms with Crippen molar-refractivity contribution in [3.05, 3.63) is 82.1 Å². The lowest BCUT2D eigenvalue weighted by Gasteiger charge is -2.11. The Morgan fingerprint density at radius 3 is 2.45 bits per heavy atom. The van der Waals surface area contributed by atoms with Gasteiger partial charge < -0.3 is 15.8 Å². The third kappa shape index (κ3) is 4.96. The molecule has 0 radical (unpaired) electrons. The normalized spacial score (nSPS) is 11.3. The summed E-state index contributed by atoms with van der Waals surface area (Å²) in [6.45, 7) is 1.27. The minimum Gasteiger partial charge on any atom is -0.494 e. The second-order valence-electron chi connectivity index (χ2n) is 8.15. The van der Waals surface area contributed by atoms with Crippen molar-refractivity contribution in [3.63, 3.8) is 0 Å². The van der Waals surface area contributed by atoms with Crippen molar-refractivity contribution < 1.29 is 31.9 Å². The zero-order valence-electron chi connectivity index (χ0n) is 19.9. The van der Waals surface area contributed by atoms with Crippen molar-refractivity contribution >= 4 is 28.4 Å². The van der Waals surface area contributed by atoms with Gasteiger partial charge in [-0.25, -0.2) is 9.37 Å². The van der Waals surface area contributed by atoms with Crippen molar-refractivity contribution in [1.29, 1.82) is 5.26 Å². The van der Waals surface area contributed by atoms with Crippen LogP contribution < -0.4 is 15.8 Å². The van der Waals surface area contributed by atoms with Gasteiger partial charge in [0.25, 0.3) is 5.91 Å². The largest absolute Gasteiger partial charge is 0.494 e. The summed E-state index contributed by atoms with van der Waals surface area (Å²) in [5, 5.41) is 14.8. The van der Waals surface area contributed by atoms with Crippen molar-refractivity contribution in [2.24, 2.45) is 5.73 Å². The monoisotopic (exact) mass is 526 g/mol. The number of hydrogen-bond donors (Lipinski definition) is 2. The van der Waals surface area contributed by atoms with E-state index in [1.807, 2.05) is 6.07 Å². The van der Waals surface area contributed by atoms with Gasteiger partial charge in [0, 0.05) is 11.5 Å². The van der Waals surface area contributed by atoms with Crippen LogP contribution in [-0.2, 0) is 12.7 Å². The van der Waals surface area contributed by atoms with Gasteiger partial charge >= 0.3 is 6.18 Å². The highest BCUT2D eigenvalue weighted by Gasteiger charge is 2.39. The fourth-order valence-corrected chi connectivity index (χ4v) is 3.79.